The molecule has 0 N–H and O–H groups in total. The van der Waals surface area contributed by atoms with Gasteiger partial charge in [-0.3, -0.25) is 14.4 Å². The summed E-state index contributed by atoms with van der Waals surface area (Å²) in [7, 11) is 0. The molecule has 0 fully saturated rings. The maximum Gasteiger partial charge on any atom is 0.338 e. The standard InChI is InChI=1S/C30H21NO5S/c1-19-7-9-20(10-8-19)27(32)18-36-30(35)21-11-16-25-26(17-21)29(34)31(28(25)33)22-12-14-24(15-13-22)37-23-5-3-2-4-6-23/h2-17H,18H2,1H3. The largest absolute Gasteiger partial charge is 0.454 e. The van der Waals surface area contributed by atoms with Crippen LogP contribution in [0.15, 0.2) is 107 Å². The molecule has 0 aromatic heterocycles. The van der Waals surface area contributed by atoms with Gasteiger partial charge in [0.05, 0.1) is 22.4 Å². The first-order chi connectivity index (χ1) is 17.9. The lowest BCUT2D eigenvalue weighted by Crippen LogP contribution is -2.29. The third-order valence-electron chi connectivity index (χ3n) is 5.90. The van der Waals surface area contributed by atoms with Crippen LogP contribution in [0.2, 0.25) is 0 Å². The zero-order valence-corrected chi connectivity index (χ0v) is 20.7. The molecule has 0 saturated heterocycles. The summed E-state index contributed by atoms with van der Waals surface area (Å²) in [5.41, 5.74) is 2.32. The SMILES string of the molecule is Cc1ccc(C(=O)COC(=O)c2ccc3c(c2)C(=O)N(c2ccc(Sc4ccccc4)cc2)C3=O)cc1. The first-order valence-corrected chi connectivity index (χ1v) is 12.3. The number of amides is 2. The number of nitrogens with zero attached hydrogens (tertiary/aromatic N) is 1. The van der Waals surface area contributed by atoms with Crippen LogP contribution in [0, 0.1) is 6.92 Å². The smallest absolute Gasteiger partial charge is 0.338 e. The number of ketones is 1. The van der Waals surface area contributed by atoms with Crippen molar-refractivity contribution in [2.24, 2.45) is 0 Å². The van der Waals surface area contributed by atoms with Gasteiger partial charge in [-0.05, 0) is 61.5 Å². The van der Waals surface area contributed by atoms with Gasteiger partial charge in [-0.25, -0.2) is 9.69 Å². The minimum Gasteiger partial charge on any atom is -0.454 e. The molecule has 5 rings (SSSR count). The van der Waals surface area contributed by atoms with Crippen LogP contribution < -0.4 is 4.90 Å². The highest BCUT2D eigenvalue weighted by atomic mass is 32.2. The monoisotopic (exact) mass is 507 g/mol. The predicted octanol–water partition coefficient (Wildman–Crippen LogP) is 5.99. The fraction of sp³-hybridized carbons (Fsp3) is 0.0667. The normalized spacial score (nSPS) is 12.4. The molecule has 4 aromatic rings. The highest BCUT2D eigenvalue weighted by Gasteiger charge is 2.37. The number of ether oxygens (including phenoxy) is 1. The molecule has 7 heteroatoms. The number of hydrogen-bond donors (Lipinski definition) is 0. The molecular formula is C30H21NO5S. The second-order valence-corrected chi connectivity index (χ2v) is 9.63. The summed E-state index contributed by atoms with van der Waals surface area (Å²) in [6.45, 7) is 1.49. The van der Waals surface area contributed by atoms with E-state index in [1.165, 1.54) is 18.2 Å². The molecule has 1 aliphatic rings. The van der Waals surface area contributed by atoms with Crippen LogP contribution in [0.25, 0.3) is 0 Å². The second-order valence-electron chi connectivity index (χ2n) is 8.48. The van der Waals surface area contributed by atoms with E-state index in [-0.39, 0.29) is 22.5 Å². The van der Waals surface area contributed by atoms with E-state index in [1.807, 2.05) is 49.4 Å². The molecule has 0 spiro atoms. The van der Waals surface area contributed by atoms with E-state index in [9.17, 15) is 19.2 Å². The zero-order valence-electron chi connectivity index (χ0n) is 19.8. The van der Waals surface area contributed by atoms with Crippen molar-refractivity contribution in [3.05, 3.63) is 125 Å². The molecule has 0 saturated carbocycles. The maximum atomic E-state index is 13.1. The van der Waals surface area contributed by atoms with Gasteiger partial charge in [-0.15, -0.1) is 0 Å². The Balaban J connectivity index is 1.28. The van der Waals surface area contributed by atoms with Gasteiger partial charge in [-0.1, -0.05) is 59.8 Å². The summed E-state index contributed by atoms with van der Waals surface area (Å²) in [5, 5.41) is 0. The Bertz CT molecular complexity index is 1510. The summed E-state index contributed by atoms with van der Waals surface area (Å²) in [6.07, 6.45) is 0. The molecule has 1 heterocycles. The number of carbonyl (C=O) groups excluding carboxylic acids is 4. The van der Waals surface area contributed by atoms with Gasteiger partial charge in [-0.2, -0.15) is 0 Å². The fourth-order valence-corrected chi connectivity index (χ4v) is 4.76. The number of Topliss-reactive ketones (excluding diaryl/α,β-unsaturated/α-hetero) is 1. The molecular weight excluding hydrogens is 486 g/mol. The third kappa shape index (κ3) is 5.08. The topological polar surface area (TPSA) is 80.8 Å². The summed E-state index contributed by atoms with van der Waals surface area (Å²) in [6, 6.07) is 28.2. The minimum atomic E-state index is -0.746. The van der Waals surface area contributed by atoms with Crippen LogP contribution >= 0.6 is 11.8 Å². The van der Waals surface area contributed by atoms with Crippen molar-refractivity contribution < 1.29 is 23.9 Å². The molecule has 1 aliphatic heterocycles. The number of hydrogen-bond acceptors (Lipinski definition) is 6. The van der Waals surface area contributed by atoms with E-state index in [0.29, 0.717) is 11.3 Å². The van der Waals surface area contributed by atoms with Gasteiger partial charge in [0.2, 0.25) is 0 Å². The number of rotatable bonds is 7. The number of fused-ring (bicyclic) bond motifs is 1. The molecule has 6 nitrogen and oxygen atoms in total. The van der Waals surface area contributed by atoms with Crippen molar-refractivity contribution in [1.29, 1.82) is 0 Å². The summed E-state index contributed by atoms with van der Waals surface area (Å²) in [5.74, 6) is -2.06. The van der Waals surface area contributed by atoms with Crippen LogP contribution in [0.5, 0.6) is 0 Å². The molecule has 182 valence electrons. The van der Waals surface area contributed by atoms with Crippen molar-refractivity contribution in [3.8, 4) is 0 Å². The van der Waals surface area contributed by atoms with Crippen molar-refractivity contribution in [2.75, 3.05) is 11.5 Å². The lowest BCUT2D eigenvalue weighted by atomic mass is 10.1. The Morgan fingerprint density at radius 2 is 1.35 bits per heavy atom. The van der Waals surface area contributed by atoms with Crippen LogP contribution in [0.4, 0.5) is 5.69 Å². The summed E-state index contributed by atoms with van der Waals surface area (Å²) in [4.78, 5) is 54.2. The fourth-order valence-electron chi connectivity index (χ4n) is 3.93. The zero-order chi connectivity index (χ0) is 25.9. The number of carbonyl (C=O) groups is 4. The van der Waals surface area contributed by atoms with Gasteiger partial charge >= 0.3 is 5.97 Å². The van der Waals surface area contributed by atoms with Crippen molar-refractivity contribution in [1.82, 2.24) is 0 Å². The Labute approximate surface area is 217 Å². The summed E-state index contributed by atoms with van der Waals surface area (Å²) >= 11 is 1.57. The van der Waals surface area contributed by atoms with Gasteiger partial charge in [0.25, 0.3) is 11.8 Å². The highest BCUT2D eigenvalue weighted by Crippen LogP contribution is 2.32. The van der Waals surface area contributed by atoms with Crippen molar-refractivity contribution >= 4 is 41.0 Å². The van der Waals surface area contributed by atoms with Crippen LogP contribution in [0.1, 0.15) is 47.0 Å². The average molecular weight is 508 g/mol. The Morgan fingerprint density at radius 1 is 0.730 bits per heavy atom. The van der Waals surface area contributed by atoms with Crippen LogP contribution in [-0.4, -0.2) is 30.2 Å². The van der Waals surface area contributed by atoms with E-state index in [1.54, 1.807) is 48.2 Å². The first-order valence-electron chi connectivity index (χ1n) is 11.5. The number of imide groups is 1. The van der Waals surface area contributed by atoms with Gasteiger partial charge in [0.15, 0.2) is 12.4 Å². The van der Waals surface area contributed by atoms with Gasteiger partial charge < -0.3 is 4.74 Å². The van der Waals surface area contributed by atoms with E-state index in [4.69, 9.17) is 4.74 Å². The Hall–Kier alpha value is -4.49. The van der Waals surface area contributed by atoms with E-state index in [0.717, 1.165) is 20.3 Å². The molecule has 0 atom stereocenters. The molecule has 0 unspecified atom stereocenters. The molecule has 0 radical (unpaired) electrons. The van der Waals surface area contributed by atoms with Gasteiger partial charge in [0.1, 0.15) is 0 Å². The molecule has 0 bridgehead atoms. The predicted molar refractivity (Wildman–Crippen MR) is 140 cm³/mol. The molecule has 4 aromatic carbocycles. The highest BCUT2D eigenvalue weighted by molar-refractivity contribution is 7.99. The minimum absolute atomic E-state index is 0.0908. The summed E-state index contributed by atoms with van der Waals surface area (Å²) < 4.78 is 5.17. The number of esters is 1. The first kappa shape index (κ1) is 24.2. The third-order valence-corrected chi connectivity index (χ3v) is 6.92. The number of benzene rings is 4. The molecule has 0 aliphatic carbocycles. The lowest BCUT2D eigenvalue weighted by molar-refractivity contribution is 0.0474. The quantitative estimate of drug-likeness (QED) is 0.174. The number of aryl methyl sites for hydroxylation is 1. The van der Waals surface area contributed by atoms with Crippen molar-refractivity contribution in [3.63, 3.8) is 0 Å². The van der Waals surface area contributed by atoms with E-state index >= 15 is 0 Å². The lowest BCUT2D eigenvalue weighted by Gasteiger charge is -2.14. The van der Waals surface area contributed by atoms with Gasteiger partial charge in [0, 0.05) is 15.4 Å². The Morgan fingerprint density at radius 3 is 2.05 bits per heavy atom. The van der Waals surface area contributed by atoms with E-state index in [2.05, 4.69) is 0 Å². The molecule has 2 amide bonds. The molecule has 37 heavy (non-hydrogen) atoms. The van der Waals surface area contributed by atoms with Crippen LogP contribution in [0.3, 0.4) is 0 Å². The van der Waals surface area contributed by atoms with Crippen LogP contribution in [-0.2, 0) is 4.74 Å². The Kier molecular flexibility index (Phi) is 6.70. The van der Waals surface area contributed by atoms with E-state index < -0.39 is 24.4 Å². The average Bonchev–Trinajstić information content (AvgIpc) is 3.17. The number of anilines is 1. The maximum absolute atomic E-state index is 13.1. The van der Waals surface area contributed by atoms with Crippen molar-refractivity contribution in [2.45, 2.75) is 16.7 Å². The second kappa shape index (κ2) is 10.2.